The lowest BCUT2D eigenvalue weighted by Crippen LogP contribution is -2.35. The van der Waals surface area contributed by atoms with Gasteiger partial charge in [-0.2, -0.15) is 5.26 Å². The Morgan fingerprint density at radius 3 is 2.64 bits per heavy atom. The van der Waals surface area contributed by atoms with Crippen LogP contribution < -0.4 is 4.90 Å². The molecule has 1 amide bonds. The normalized spacial score (nSPS) is 10.8. The summed E-state index contributed by atoms with van der Waals surface area (Å²) in [6.07, 6.45) is 0.727. The number of anilines is 1. The van der Waals surface area contributed by atoms with Gasteiger partial charge in [-0.3, -0.25) is 9.20 Å². The maximum absolute atomic E-state index is 12.1. The number of fused-ring (bicyclic) bond motifs is 3. The number of rotatable bonds is 4. The molecule has 0 aliphatic rings. The highest BCUT2D eigenvalue weighted by Gasteiger charge is 2.19. The fourth-order valence-corrected chi connectivity index (χ4v) is 2.97. The van der Waals surface area contributed by atoms with Crippen LogP contribution >= 0.6 is 0 Å². The molecule has 0 fully saturated rings. The Balaban J connectivity index is 2.30. The molecule has 6 heteroatoms. The predicted octanol–water partition coefficient (Wildman–Crippen LogP) is 2.45. The summed E-state index contributed by atoms with van der Waals surface area (Å²) in [5.74, 6) is 0.872. The molecule has 3 aromatic rings. The van der Waals surface area contributed by atoms with Gasteiger partial charge in [-0.05, 0) is 30.2 Å². The van der Waals surface area contributed by atoms with Crippen LogP contribution in [0.1, 0.15) is 18.1 Å². The fourth-order valence-electron chi connectivity index (χ4n) is 2.97. The van der Waals surface area contributed by atoms with Crippen molar-refractivity contribution >= 4 is 28.4 Å². The van der Waals surface area contributed by atoms with Crippen molar-refractivity contribution in [2.75, 3.05) is 32.6 Å². The van der Waals surface area contributed by atoms with Gasteiger partial charge in [-0.1, -0.05) is 19.1 Å². The van der Waals surface area contributed by atoms with Crippen molar-refractivity contribution in [3.05, 3.63) is 41.5 Å². The third-order valence-electron chi connectivity index (χ3n) is 4.39. The zero-order valence-electron chi connectivity index (χ0n) is 14.9. The van der Waals surface area contributed by atoms with Crippen LogP contribution in [0.5, 0.6) is 0 Å². The van der Waals surface area contributed by atoms with E-state index in [-0.39, 0.29) is 12.5 Å². The first kappa shape index (κ1) is 16.8. The van der Waals surface area contributed by atoms with Gasteiger partial charge < -0.3 is 9.80 Å². The van der Waals surface area contributed by atoms with Crippen molar-refractivity contribution in [3.63, 3.8) is 0 Å². The number of hydrogen-bond acceptors (Lipinski definition) is 4. The van der Waals surface area contributed by atoms with Crippen LogP contribution in [0.2, 0.25) is 0 Å². The van der Waals surface area contributed by atoms with Crippen molar-refractivity contribution in [1.29, 1.82) is 5.26 Å². The molecule has 128 valence electrons. The van der Waals surface area contributed by atoms with Crippen LogP contribution in [0.15, 0.2) is 30.3 Å². The Kier molecular flexibility index (Phi) is 4.32. The number of likely N-dealkylation sites (N-methyl/N-ethyl adjacent to an activating group) is 2. The van der Waals surface area contributed by atoms with Gasteiger partial charge in [0, 0.05) is 21.1 Å². The van der Waals surface area contributed by atoms with E-state index < -0.39 is 0 Å². The highest BCUT2D eigenvalue weighted by Crippen LogP contribution is 2.28. The number of benzene rings is 1. The summed E-state index contributed by atoms with van der Waals surface area (Å²) < 4.78 is 1.97. The van der Waals surface area contributed by atoms with Crippen LogP contribution in [-0.2, 0) is 11.2 Å². The molecular formula is C19H21N5O. The number of nitrogens with zero attached hydrogens (tertiary/aromatic N) is 5. The summed E-state index contributed by atoms with van der Waals surface area (Å²) in [6, 6.07) is 12.1. The topological polar surface area (TPSA) is 64.6 Å². The first-order chi connectivity index (χ1) is 12.0. The smallest absolute Gasteiger partial charge is 0.241 e. The molecular weight excluding hydrogens is 314 g/mol. The Labute approximate surface area is 146 Å². The van der Waals surface area contributed by atoms with Crippen LogP contribution in [0, 0.1) is 11.3 Å². The van der Waals surface area contributed by atoms with Crippen molar-refractivity contribution in [2.24, 2.45) is 0 Å². The summed E-state index contributed by atoms with van der Waals surface area (Å²) in [5, 5.41) is 9.64. The molecule has 0 aliphatic carbocycles. The second-order valence-corrected chi connectivity index (χ2v) is 6.27. The third-order valence-corrected chi connectivity index (χ3v) is 4.39. The number of hydrogen-bond donors (Lipinski definition) is 0. The summed E-state index contributed by atoms with van der Waals surface area (Å²) >= 11 is 0. The molecule has 0 spiro atoms. The molecule has 0 unspecified atom stereocenters. The Bertz CT molecular complexity index is 996. The molecule has 2 aromatic heterocycles. The summed E-state index contributed by atoms with van der Waals surface area (Å²) in [4.78, 5) is 20.3. The predicted molar refractivity (Wildman–Crippen MR) is 98.8 cm³/mol. The lowest BCUT2D eigenvalue weighted by atomic mass is 10.1. The minimum Gasteiger partial charge on any atom is -0.351 e. The Hall–Kier alpha value is -3.07. The van der Waals surface area contributed by atoms with Crippen LogP contribution in [0.4, 0.5) is 5.82 Å². The van der Waals surface area contributed by atoms with Crippen LogP contribution in [0.3, 0.4) is 0 Å². The summed E-state index contributed by atoms with van der Waals surface area (Å²) in [7, 11) is 5.37. The molecule has 6 nitrogen and oxygen atoms in total. The maximum Gasteiger partial charge on any atom is 0.241 e. The average Bonchev–Trinajstić information content (AvgIpc) is 2.99. The molecule has 0 radical (unpaired) electrons. The quantitative estimate of drug-likeness (QED) is 0.734. The summed E-state index contributed by atoms with van der Waals surface area (Å²) in [6.45, 7) is 2.27. The number of aromatic nitrogens is 2. The SMILES string of the molecule is CCc1cc(N(C)CC(=O)N(C)C)n2c(nc3ccccc32)c1C#N. The number of amides is 1. The van der Waals surface area contributed by atoms with E-state index in [1.54, 1.807) is 19.0 Å². The lowest BCUT2D eigenvalue weighted by Gasteiger charge is -2.23. The summed E-state index contributed by atoms with van der Waals surface area (Å²) in [5.41, 5.74) is 3.93. The minimum absolute atomic E-state index is 0.0162. The van der Waals surface area contributed by atoms with Crippen molar-refractivity contribution < 1.29 is 4.79 Å². The molecule has 0 atom stereocenters. The van der Waals surface area contributed by atoms with E-state index in [1.807, 2.05) is 53.6 Å². The molecule has 0 N–H and O–H groups in total. The number of carbonyl (C=O) groups is 1. The molecule has 0 aliphatic heterocycles. The molecule has 0 bridgehead atoms. The van der Waals surface area contributed by atoms with Gasteiger partial charge >= 0.3 is 0 Å². The highest BCUT2D eigenvalue weighted by atomic mass is 16.2. The zero-order chi connectivity index (χ0) is 18.1. The van der Waals surface area contributed by atoms with E-state index >= 15 is 0 Å². The van der Waals surface area contributed by atoms with E-state index in [0.717, 1.165) is 28.8 Å². The highest BCUT2D eigenvalue weighted by molar-refractivity contribution is 5.86. The maximum atomic E-state index is 12.1. The minimum atomic E-state index is 0.0162. The van der Waals surface area contributed by atoms with Crippen molar-refractivity contribution in [2.45, 2.75) is 13.3 Å². The van der Waals surface area contributed by atoms with Gasteiger partial charge in [0.1, 0.15) is 11.9 Å². The third kappa shape index (κ3) is 2.78. The van der Waals surface area contributed by atoms with E-state index in [9.17, 15) is 10.1 Å². The second-order valence-electron chi connectivity index (χ2n) is 6.27. The molecule has 1 aromatic carbocycles. The van der Waals surface area contributed by atoms with Crippen molar-refractivity contribution in [3.8, 4) is 6.07 Å². The molecule has 3 rings (SSSR count). The van der Waals surface area contributed by atoms with Gasteiger partial charge in [-0.15, -0.1) is 0 Å². The number of para-hydroxylation sites is 2. The first-order valence-electron chi connectivity index (χ1n) is 8.22. The Morgan fingerprint density at radius 2 is 2.00 bits per heavy atom. The van der Waals surface area contributed by atoms with Gasteiger partial charge in [-0.25, -0.2) is 4.98 Å². The van der Waals surface area contributed by atoms with Crippen LogP contribution in [0.25, 0.3) is 16.7 Å². The van der Waals surface area contributed by atoms with E-state index in [1.165, 1.54) is 0 Å². The monoisotopic (exact) mass is 335 g/mol. The molecule has 2 heterocycles. The average molecular weight is 335 g/mol. The van der Waals surface area contributed by atoms with Crippen LogP contribution in [-0.4, -0.2) is 47.9 Å². The van der Waals surface area contributed by atoms with Gasteiger partial charge in [0.25, 0.3) is 0 Å². The molecule has 25 heavy (non-hydrogen) atoms. The van der Waals surface area contributed by atoms with Gasteiger partial charge in [0.05, 0.1) is 23.1 Å². The van der Waals surface area contributed by atoms with E-state index in [0.29, 0.717) is 11.2 Å². The van der Waals surface area contributed by atoms with E-state index in [4.69, 9.17) is 0 Å². The number of carbonyl (C=O) groups excluding carboxylic acids is 1. The number of aryl methyl sites for hydroxylation is 1. The number of imidazole rings is 1. The van der Waals surface area contributed by atoms with Gasteiger partial charge in [0.15, 0.2) is 5.65 Å². The Morgan fingerprint density at radius 1 is 1.28 bits per heavy atom. The zero-order valence-corrected chi connectivity index (χ0v) is 14.9. The first-order valence-corrected chi connectivity index (χ1v) is 8.22. The standard InChI is InChI=1S/C19H21N5O/c1-5-13-10-17(23(4)12-18(25)22(2)3)24-16-9-7-6-8-15(16)21-19(24)14(13)11-20/h6-10H,5,12H2,1-4H3. The van der Waals surface area contributed by atoms with Gasteiger partial charge in [0.2, 0.25) is 5.91 Å². The number of pyridine rings is 1. The molecule has 0 saturated heterocycles. The largest absolute Gasteiger partial charge is 0.351 e. The molecule has 0 saturated carbocycles. The second kappa shape index (κ2) is 6.44. The fraction of sp³-hybridized carbons (Fsp3) is 0.316. The van der Waals surface area contributed by atoms with Crippen molar-refractivity contribution in [1.82, 2.24) is 14.3 Å². The number of nitriles is 1. The lowest BCUT2D eigenvalue weighted by molar-refractivity contribution is -0.127. The van der Waals surface area contributed by atoms with E-state index in [2.05, 4.69) is 11.1 Å².